The number of hydrogen-bond acceptors (Lipinski definition) is 3. The van der Waals surface area contributed by atoms with Gasteiger partial charge in [0.25, 0.3) is 0 Å². The summed E-state index contributed by atoms with van der Waals surface area (Å²) in [5, 5.41) is 7.62. The first-order valence-corrected chi connectivity index (χ1v) is 9.35. The summed E-state index contributed by atoms with van der Waals surface area (Å²) in [6, 6.07) is 8.26. The van der Waals surface area contributed by atoms with Gasteiger partial charge in [0, 0.05) is 44.3 Å². The Morgan fingerprint density at radius 1 is 1.16 bits per heavy atom. The van der Waals surface area contributed by atoms with Gasteiger partial charge in [-0.05, 0) is 37.0 Å². The average Bonchev–Trinajstić information content (AvgIpc) is 2.59. The van der Waals surface area contributed by atoms with Crippen LogP contribution in [0.1, 0.15) is 31.2 Å². The Kier molecular flexibility index (Phi) is 8.52. The molecule has 0 saturated heterocycles. The topological polar surface area (TPSA) is 54.9 Å². The van der Waals surface area contributed by atoms with Gasteiger partial charge in [0.1, 0.15) is 0 Å². The van der Waals surface area contributed by atoms with Crippen LogP contribution in [0.3, 0.4) is 0 Å². The van der Waals surface area contributed by atoms with Crippen LogP contribution >= 0.6 is 11.6 Å². The average molecular weight is 368 g/mol. The van der Waals surface area contributed by atoms with Crippen molar-refractivity contribution in [3.05, 3.63) is 34.9 Å². The van der Waals surface area contributed by atoms with Crippen molar-refractivity contribution < 1.29 is 9.47 Å². The molecule has 0 spiro atoms. The minimum atomic E-state index is 0.200. The molecule has 0 atom stereocenters. The van der Waals surface area contributed by atoms with Gasteiger partial charge in [-0.1, -0.05) is 30.2 Å². The van der Waals surface area contributed by atoms with E-state index in [1.807, 2.05) is 12.1 Å². The van der Waals surface area contributed by atoms with E-state index in [0.29, 0.717) is 13.2 Å². The van der Waals surface area contributed by atoms with Crippen LogP contribution in [0, 0.1) is 0 Å². The Morgan fingerprint density at radius 3 is 2.52 bits per heavy atom. The van der Waals surface area contributed by atoms with Crippen molar-refractivity contribution >= 4 is 17.6 Å². The van der Waals surface area contributed by atoms with Crippen molar-refractivity contribution in [3.8, 4) is 0 Å². The van der Waals surface area contributed by atoms with Crippen LogP contribution in [0.25, 0.3) is 0 Å². The molecule has 0 radical (unpaired) electrons. The highest BCUT2D eigenvalue weighted by atomic mass is 35.5. The van der Waals surface area contributed by atoms with Crippen LogP contribution in [0.2, 0.25) is 5.02 Å². The molecule has 2 N–H and O–H groups in total. The van der Waals surface area contributed by atoms with Crippen LogP contribution < -0.4 is 10.6 Å². The van der Waals surface area contributed by atoms with E-state index in [9.17, 15) is 0 Å². The van der Waals surface area contributed by atoms with Crippen LogP contribution in [0.5, 0.6) is 0 Å². The monoisotopic (exact) mass is 367 g/mol. The second kappa shape index (κ2) is 10.6. The highest BCUT2D eigenvalue weighted by molar-refractivity contribution is 6.30. The van der Waals surface area contributed by atoms with Gasteiger partial charge in [0.2, 0.25) is 0 Å². The molecule has 2 rings (SSSR count). The quantitative estimate of drug-likeness (QED) is 0.379. The highest BCUT2D eigenvalue weighted by Gasteiger charge is 2.38. The zero-order chi connectivity index (χ0) is 18.0. The number of halogens is 1. The van der Waals surface area contributed by atoms with Crippen molar-refractivity contribution in [1.29, 1.82) is 0 Å². The second-order valence-electron chi connectivity index (χ2n) is 6.45. The maximum atomic E-state index is 6.02. The Labute approximate surface area is 156 Å². The van der Waals surface area contributed by atoms with Crippen LogP contribution in [0.4, 0.5) is 0 Å². The van der Waals surface area contributed by atoms with Crippen LogP contribution in [0.15, 0.2) is 29.3 Å². The second-order valence-corrected chi connectivity index (χ2v) is 6.89. The van der Waals surface area contributed by atoms with E-state index in [1.54, 1.807) is 14.2 Å². The highest BCUT2D eigenvalue weighted by Crippen LogP contribution is 2.43. The number of guanidine groups is 1. The van der Waals surface area contributed by atoms with Gasteiger partial charge in [-0.15, -0.1) is 0 Å². The molecule has 1 aromatic carbocycles. The molecule has 6 heteroatoms. The normalized spacial score (nSPS) is 16.4. The van der Waals surface area contributed by atoms with Gasteiger partial charge < -0.3 is 20.1 Å². The van der Waals surface area contributed by atoms with E-state index < -0.39 is 0 Å². The number of benzene rings is 1. The third kappa shape index (κ3) is 6.17. The molecule has 1 saturated carbocycles. The number of hydrogen-bond donors (Lipinski definition) is 2. The first-order valence-electron chi connectivity index (χ1n) is 8.97. The van der Waals surface area contributed by atoms with Gasteiger partial charge in [0.15, 0.2) is 5.96 Å². The number of nitrogens with one attached hydrogen (secondary N) is 2. The lowest BCUT2D eigenvalue weighted by Gasteiger charge is -2.43. The van der Waals surface area contributed by atoms with Crippen molar-refractivity contribution in [2.75, 3.05) is 47.1 Å². The molecular weight excluding hydrogens is 338 g/mol. The minimum Gasteiger partial charge on any atom is -0.382 e. The largest absolute Gasteiger partial charge is 0.382 e. The first kappa shape index (κ1) is 20.0. The lowest BCUT2D eigenvalue weighted by molar-refractivity contribution is 0.0698. The summed E-state index contributed by atoms with van der Waals surface area (Å²) in [7, 11) is 3.49. The molecule has 0 heterocycles. The predicted octanol–water partition coefficient (Wildman–Crippen LogP) is 2.98. The summed E-state index contributed by atoms with van der Waals surface area (Å²) >= 11 is 6.02. The summed E-state index contributed by atoms with van der Waals surface area (Å²) in [4.78, 5) is 4.32. The molecule has 25 heavy (non-hydrogen) atoms. The molecule has 0 aromatic heterocycles. The minimum absolute atomic E-state index is 0.200. The fraction of sp³-hybridized carbons (Fsp3) is 0.632. The SMILES string of the molecule is CN=C(NCCCOCCOC)NCC1(c2ccc(Cl)cc2)CCC1. The third-order valence-corrected chi connectivity index (χ3v) is 5.03. The van der Waals surface area contributed by atoms with E-state index in [2.05, 4.69) is 27.8 Å². The van der Waals surface area contributed by atoms with Gasteiger partial charge in [0.05, 0.1) is 13.2 Å². The zero-order valence-corrected chi connectivity index (χ0v) is 16.1. The standard InChI is InChI=1S/C19H30ClN3O2/c1-21-18(22-11-4-12-25-14-13-24-2)23-15-19(9-3-10-19)16-5-7-17(20)8-6-16/h5-8H,3-4,9-15H2,1-2H3,(H2,21,22,23). The molecule has 5 nitrogen and oxygen atoms in total. The van der Waals surface area contributed by atoms with E-state index >= 15 is 0 Å². The summed E-state index contributed by atoms with van der Waals surface area (Å²) in [6.45, 7) is 3.73. The van der Waals surface area contributed by atoms with Crippen LogP contribution in [-0.2, 0) is 14.9 Å². The van der Waals surface area contributed by atoms with E-state index in [1.165, 1.54) is 24.8 Å². The molecule has 0 amide bonds. The van der Waals surface area contributed by atoms with Gasteiger partial charge in [-0.25, -0.2) is 0 Å². The first-order chi connectivity index (χ1) is 12.2. The number of nitrogens with zero attached hydrogens (tertiary/aromatic N) is 1. The lowest BCUT2D eigenvalue weighted by atomic mass is 9.64. The van der Waals surface area contributed by atoms with E-state index in [0.717, 1.165) is 37.1 Å². The number of ether oxygens (including phenoxy) is 2. The maximum Gasteiger partial charge on any atom is 0.191 e. The summed E-state index contributed by atoms with van der Waals surface area (Å²) < 4.78 is 10.4. The fourth-order valence-corrected chi connectivity index (χ4v) is 3.20. The van der Waals surface area contributed by atoms with Crippen molar-refractivity contribution in [1.82, 2.24) is 10.6 Å². The molecule has 0 aliphatic heterocycles. The molecule has 0 unspecified atom stereocenters. The molecule has 0 bridgehead atoms. The van der Waals surface area contributed by atoms with Gasteiger partial charge in [-0.3, -0.25) is 4.99 Å². The Morgan fingerprint density at radius 2 is 1.92 bits per heavy atom. The van der Waals surface area contributed by atoms with Gasteiger partial charge >= 0.3 is 0 Å². The van der Waals surface area contributed by atoms with Crippen LogP contribution in [-0.4, -0.2) is 53.0 Å². The summed E-state index contributed by atoms with van der Waals surface area (Å²) in [6.07, 6.45) is 4.61. The number of aliphatic imine (C=N–C) groups is 1. The zero-order valence-electron chi connectivity index (χ0n) is 15.3. The van der Waals surface area contributed by atoms with Crippen molar-refractivity contribution in [2.45, 2.75) is 31.1 Å². The van der Waals surface area contributed by atoms with Gasteiger partial charge in [-0.2, -0.15) is 0 Å². The maximum absolute atomic E-state index is 6.02. The van der Waals surface area contributed by atoms with Crippen molar-refractivity contribution in [3.63, 3.8) is 0 Å². The van der Waals surface area contributed by atoms with E-state index in [-0.39, 0.29) is 5.41 Å². The predicted molar refractivity (Wildman–Crippen MR) is 104 cm³/mol. The fourth-order valence-electron chi connectivity index (χ4n) is 3.07. The summed E-state index contributed by atoms with van der Waals surface area (Å²) in [5.74, 6) is 0.845. The number of rotatable bonds is 10. The Balaban J connectivity index is 1.73. The third-order valence-electron chi connectivity index (χ3n) is 4.77. The van der Waals surface area contributed by atoms with Crippen molar-refractivity contribution in [2.24, 2.45) is 4.99 Å². The number of methoxy groups -OCH3 is 1. The summed E-state index contributed by atoms with van der Waals surface area (Å²) in [5.41, 5.74) is 1.56. The molecule has 1 aliphatic carbocycles. The molecular formula is C19H30ClN3O2. The molecule has 140 valence electrons. The Hall–Kier alpha value is -1.30. The van der Waals surface area contributed by atoms with E-state index in [4.69, 9.17) is 21.1 Å². The smallest absolute Gasteiger partial charge is 0.191 e. The molecule has 1 aliphatic rings. The Bertz CT molecular complexity index is 530. The lowest BCUT2D eigenvalue weighted by Crippen LogP contribution is -2.49. The molecule has 1 fully saturated rings. The molecule has 1 aromatic rings.